The normalized spacial score (nSPS) is 27.0. The van der Waals surface area contributed by atoms with Crippen LogP contribution in [0.15, 0.2) is 18.5 Å². The minimum Gasteiger partial charge on any atom is -0.394 e. The maximum atomic E-state index is 12.0. The summed E-state index contributed by atoms with van der Waals surface area (Å²) in [6.45, 7) is 0.0842. The number of ether oxygens (including phenoxy) is 1. The maximum Gasteiger partial charge on any atom is 0.253 e. The average Bonchev–Trinajstić information content (AvgIpc) is 2.41. The summed E-state index contributed by atoms with van der Waals surface area (Å²) in [5.41, 5.74) is 0.302. The number of halogens is 1. The number of aliphatic hydroxyl groups is 2. The van der Waals surface area contributed by atoms with Crippen molar-refractivity contribution in [2.24, 2.45) is 0 Å². The Hall–Kier alpha value is -1.21. The van der Waals surface area contributed by atoms with E-state index in [0.29, 0.717) is 18.6 Å². The molecular formula is C12H15ClN2O4. The highest BCUT2D eigenvalue weighted by atomic mass is 35.5. The number of aliphatic hydroxyl groups excluding tert-OH is 2. The Morgan fingerprint density at radius 3 is 3.11 bits per heavy atom. The molecule has 0 unspecified atom stereocenters. The van der Waals surface area contributed by atoms with Gasteiger partial charge in [0, 0.05) is 19.0 Å². The standard InChI is InChI=1S/C12H15ClN2O4/c13-8-5-14-3-1-7(8)12(18)15-9-2-4-19-10(6-16)11(9)17/h1,3,5,9-11,16-17H,2,4,6H2,(H,15,18)/t9-,10+,11-/m0/s1. The summed E-state index contributed by atoms with van der Waals surface area (Å²) in [7, 11) is 0. The van der Waals surface area contributed by atoms with Gasteiger partial charge in [0.2, 0.25) is 0 Å². The van der Waals surface area contributed by atoms with Gasteiger partial charge in [-0.05, 0) is 12.5 Å². The van der Waals surface area contributed by atoms with E-state index < -0.39 is 18.2 Å². The second-order valence-corrected chi connectivity index (χ2v) is 4.71. The molecule has 1 aromatic heterocycles. The minimum atomic E-state index is -0.941. The molecular weight excluding hydrogens is 272 g/mol. The fourth-order valence-electron chi connectivity index (χ4n) is 2.00. The third-order valence-electron chi connectivity index (χ3n) is 3.07. The van der Waals surface area contributed by atoms with Gasteiger partial charge in [-0.3, -0.25) is 9.78 Å². The molecule has 0 aromatic carbocycles. The predicted molar refractivity (Wildman–Crippen MR) is 68.0 cm³/mol. The van der Waals surface area contributed by atoms with E-state index in [4.69, 9.17) is 21.4 Å². The topological polar surface area (TPSA) is 91.7 Å². The summed E-state index contributed by atoms with van der Waals surface area (Å²) in [6.07, 6.45) is 1.72. The molecule has 19 heavy (non-hydrogen) atoms. The first-order chi connectivity index (χ1) is 9.13. The van der Waals surface area contributed by atoms with Gasteiger partial charge in [-0.1, -0.05) is 11.6 Å². The van der Waals surface area contributed by atoms with E-state index in [-0.39, 0.29) is 17.5 Å². The van der Waals surface area contributed by atoms with E-state index in [9.17, 15) is 9.90 Å². The summed E-state index contributed by atoms with van der Waals surface area (Å²) >= 11 is 5.88. The Bertz CT molecular complexity index is 457. The van der Waals surface area contributed by atoms with Crippen molar-refractivity contribution in [1.29, 1.82) is 0 Å². The third-order valence-corrected chi connectivity index (χ3v) is 3.37. The number of rotatable bonds is 3. The number of hydrogen-bond donors (Lipinski definition) is 3. The van der Waals surface area contributed by atoms with Gasteiger partial charge in [-0.2, -0.15) is 0 Å². The molecule has 6 nitrogen and oxygen atoms in total. The number of aromatic nitrogens is 1. The van der Waals surface area contributed by atoms with Gasteiger partial charge >= 0.3 is 0 Å². The van der Waals surface area contributed by atoms with Crippen LogP contribution >= 0.6 is 11.6 Å². The van der Waals surface area contributed by atoms with Gasteiger partial charge in [-0.15, -0.1) is 0 Å². The van der Waals surface area contributed by atoms with Crippen molar-refractivity contribution in [2.45, 2.75) is 24.7 Å². The Labute approximate surface area is 115 Å². The van der Waals surface area contributed by atoms with Gasteiger partial charge in [0.05, 0.1) is 23.2 Å². The molecule has 1 saturated heterocycles. The zero-order valence-electron chi connectivity index (χ0n) is 10.1. The Morgan fingerprint density at radius 1 is 1.63 bits per heavy atom. The summed E-state index contributed by atoms with van der Waals surface area (Å²) in [5.74, 6) is -0.380. The molecule has 1 amide bonds. The smallest absolute Gasteiger partial charge is 0.253 e. The molecule has 0 aliphatic carbocycles. The highest BCUT2D eigenvalue weighted by molar-refractivity contribution is 6.33. The lowest BCUT2D eigenvalue weighted by Gasteiger charge is -2.34. The van der Waals surface area contributed by atoms with Crippen LogP contribution in [0, 0.1) is 0 Å². The lowest BCUT2D eigenvalue weighted by atomic mass is 9.99. The summed E-state index contributed by atoms with van der Waals surface area (Å²) in [6, 6.07) is 1.04. The molecule has 3 N–H and O–H groups in total. The lowest BCUT2D eigenvalue weighted by Crippen LogP contribution is -2.54. The number of nitrogens with one attached hydrogen (secondary N) is 1. The van der Waals surface area contributed by atoms with Gasteiger partial charge in [0.1, 0.15) is 12.2 Å². The summed E-state index contributed by atoms with van der Waals surface area (Å²) in [5, 5.41) is 21.9. The molecule has 0 spiro atoms. The van der Waals surface area contributed by atoms with E-state index in [1.165, 1.54) is 18.5 Å². The van der Waals surface area contributed by atoms with Crippen molar-refractivity contribution >= 4 is 17.5 Å². The zero-order chi connectivity index (χ0) is 13.8. The molecule has 2 heterocycles. The van der Waals surface area contributed by atoms with Crippen LogP contribution in [-0.4, -0.2) is 52.6 Å². The highest BCUT2D eigenvalue weighted by Gasteiger charge is 2.33. The van der Waals surface area contributed by atoms with E-state index in [1.54, 1.807) is 0 Å². The zero-order valence-corrected chi connectivity index (χ0v) is 10.9. The number of hydrogen-bond acceptors (Lipinski definition) is 5. The van der Waals surface area contributed by atoms with E-state index in [1.807, 2.05) is 0 Å². The summed E-state index contributed by atoms with van der Waals surface area (Å²) < 4.78 is 5.19. The molecule has 2 rings (SSSR count). The molecule has 0 bridgehead atoms. The van der Waals surface area contributed by atoms with Crippen LogP contribution in [-0.2, 0) is 4.74 Å². The van der Waals surface area contributed by atoms with Crippen molar-refractivity contribution in [3.63, 3.8) is 0 Å². The van der Waals surface area contributed by atoms with Crippen molar-refractivity contribution in [3.05, 3.63) is 29.0 Å². The first kappa shape index (κ1) is 14.2. The van der Waals surface area contributed by atoms with Crippen molar-refractivity contribution in [1.82, 2.24) is 10.3 Å². The van der Waals surface area contributed by atoms with E-state index in [2.05, 4.69) is 10.3 Å². The quantitative estimate of drug-likeness (QED) is 0.726. The molecule has 1 fully saturated rings. The molecule has 3 atom stereocenters. The van der Waals surface area contributed by atoms with Crippen molar-refractivity contribution in [3.8, 4) is 0 Å². The van der Waals surface area contributed by atoms with Crippen LogP contribution in [0.5, 0.6) is 0 Å². The molecule has 1 aromatic rings. The minimum absolute atomic E-state index is 0.250. The monoisotopic (exact) mass is 286 g/mol. The first-order valence-corrected chi connectivity index (χ1v) is 6.32. The average molecular weight is 287 g/mol. The molecule has 104 valence electrons. The molecule has 7 heteroatoms. The fraction of sp³-hybridized carbons (Fsp3) is 0.500. The van der Waals surface area contributed by atoms with Crippen LogP contribution in [0.2, 0.25) is 5.02 Å². The van der Waals surface area contributed by atoms with Gasteiger partial charge in [0.15, 0.2) is 0 Å². The second kappa shape index (κ2) is 6.29. The number of carbonyl (C=O) groups excluding carboxylic acids is 1. The molecule has 1 aliphatic rings. The lowest BCUT2D eigenvalue weighted by molar-refractivity contribution is -0.107. The number of nitrogens with zero attached hydrogens (tertiary/aromatic N) is 1. The van der Waals surface area contributed by atoms with Gasteiger partial charge in [-0.25, -0.2) is 0 Å². The fourth-order valence-corrected chi connectivity index (χ4v) is 2.20. The maximum absolute atomic E-state index is 12.0. The second-order valence-electron chi connectivity index (χ2n) is 4.31. The number of carbonyl (C=O) groups is 1. The van der Waals surface area contributed by atoms with Gasteiger partial charge in [0.25, 0.3) is 5.91 Å². The number of pyridine rings is 1. The SMILES string of the molecule is O=C(N[C@H]1CCO[C@H](CO)[C@H]1O)c1ccncc1Cl. The van der Waals surface area contributed by atoms with Crippen LogP contribution in [0.4, 0.5) is 0 Å². The summed E-state index contributed by atoms with van der Waals surface area (Å²) in [4.78, 5) is 15.8. The Morgan fingerprint density at radius 2 is 2.42 bits per heavy atom. The molecule has 0 radical (unpaired) electrons. The number of amides is 1. The molecule has 0 saturated carbocycles. The van der Waals surface area contributed by atoms with Crippen molar-refractivity contribution < 1.29 is 19.7 Å². The largest absolute Gasteiger partial charge is 0.394 e. The molecule has 1 aliphatic heterocycles. The van der Waals surface area contributed by atoms with Crippen molar-refractivity contribution in [2.75, 3.05) is 13.2 Å². The Kier molecular flexibility index (Phi) is 4.71. The Balaban J connectivity index is 2.04. The first-order valence-electron chi connectivity index (χ1n) is 5.94. The van der Waals surface area contributed by atoms with E-state index >= 15 is 0 Å². The van der Waals surface area contributed by atoms with Crippen LogP contribution < -0.4 is 5.32 Å². The van der Waals surface area contributed by atoms with E-state index in [0.717, 1.165) is 0 Å². The third kappa shape index (κ3) is 3.22. The van der Waals surface area contributed by atoms with Gasteiger partial charge < -0.3 is 20.3 Å². The van der Waals surface area contributed by atoms with Crippen LogP contribution in [0.3, 0.4) is 0 Å². The highest BCUT2D eigenvalue weighted by Crippen LogP contribution is 2.17. The predicted octanol–water partition coefficient (Wildman–Crippen LogP) is -0.0245. The van der Waals surface area contributed by atoms with Crippen LogP contribution in [0.25, 0.3) is 0 Å². The van der Waals surface area contributed by atoms with Crippen LogP contribution in [0.1, 0.15) is 16.8 Å².